The lowest BCUT2D eigenvalue weighted by molar-refractivity contribution is -0.384. The Bertz CT molecular complexity index is 906. The first-order valence-corrected chi connectivity index (χ1v) is 10.1. The first kappa shape index (κ1) is 20.2. The van der Waals surface area contributed by atoms with Crippen LogP contribution in [0.15, 0.2) is 42.5 Å². The number of nitrogens with zero attached hydrogens (tertiary/aromatic N) is 3. The van der Waals surface area contributed by atoms with Crippen LogP contribution in [0.1, 0.15) is 33.2 Å². The topological polar surface area (TPSA) is 83.8 Å². The molecule has 28 heavy (non-hydrogen) atoms. The first-order chi connectivity index (χ1) is 13.4. The lowest BCUT2D eigenvalue weighted by atomic mass is 10.1. The maximum atomic E-state index is 12.8. The van der Waals surface area contributed by atoms with E-state index in [1.807, 2.05) is 46.9 Å². The van der Waals surface area contributed by atoms with Crippen molar-refractivity contribution in [2.45, 2.75) is 13.3 Å². The molecule has 0 spiro atoms. The molecular formula is C20H20IN3O4. The summed E-state index contributed by atoms with van der Waals surface area (Å²) in [5.74, 6) is -0.285. The fraction of sp³-hybridized carbons (Fsp3) is 0.300. The lowest BCUT2D eigenvalue weighted by Gasteiger charge is -2.35. The molecule has 0 atom stereocenters. The molecule has 0 unspecified atom stereocenters. The number of piperazine rings is 1. The van der Waals surface area contributed by atoms with Gasteiger partial charge in [0.05, 0.1) is 10.5 Å². The van der Waals surface area contributed by atoms with E-state index in [0.29, 0.717) is 40.9 Å². The van der Waals surface area contributed by atoms with Crippen molar-refractivity contribution in [2.75, 3.05) is 26.2 Å². The van der Waals surface area contributed by atoms with Gasteiger partial charge in [0, 0.05) is 47.4 Å². The minimum absolute atomic E-state index is 0.0420. The van der Waals surface area contributed by atoms with Crippen molar-refractivity contribution in [3.05, 3.63) is 72.8 Å². The van der Waals surface area contributed by atoms with Gasteiger partial charge in [-0.2, -0.15) is 0 Å². The number of halogens is 1. The predicted molar refractivity (Wildman–Crippen MR) is 113 cm³/mol. The molecule has 1 saturated heterocycles. The van der Waals surface area contributed by atoms with E-state index in [4.69, 9.17) is 0 Å². The van der Waals surface area contributed by atoms with Gasteiger partial charge in [-0.15, -0.1) is 0 Å². The van der Waals surface area contributed by atoms with E-state index in [1.54, 1.807) is 15.9 Å². The molecule has 0 aromatic heterocycles. The Balaban J connectivity index is 1.66. The highest BCUT2D eigenvalue weighted by atomic mass is 127. The second-order valence-electron chi connectivity index (χ2n) is 6.56. The number of amides is 2. The summed E-state index contributed by atoms with van der Waals surface area (Å²) in [7, 11) is 0. The van der Waals surface area contributed by atoms with Crippen molar-refractivity contribution in [1.82, 2.24) is 9.80 Å². The highest BCUT2D eigenvalue weighted by molar-refractivity contribution is 14.1. The van der Waals surface area contributed by atoms with Crippen LogP contribution in [0, 0.1) is 13.7 Å². The monoisotopic (exact) mass is 493 g/mol. The van der Waals surface area contributed by atoms with E-state index in [0.717, 1.165) is 6.42 Å². The lowest BCUT2D eigenvalue weighted by Crippen LogP contribution is -2.50. The SMILES string of the molecule is CCc1ccc(C(=O)N2CCN(C(=O)c3cc([N+](=O)[O-])ccc3I)CC2)cc1. The molecule has 2 amide bonds. The number of non-ortho nitro benzene ring substituents is 1. The average Bonchev–Trinajstić information content (AvgIpc) is 2.73. The summed E-state index contributed by atoms with van der Waals surface area (Å²) in [4.78, 5) is 39.3. The van der Waals surface area contributed by atoms with Crippen molar-refractivity contribution in [2.24, 2.45) is 0 Å². The van der Waals surface area contributed by atoms with Gasteiger partial charge in [-0.05, 0) is 52.8 Å². The van der Waals surface area contributed by atoms with Crippen LogP contribution >= 0.6 is 22.6 Å². The van der Waals surface area contributed by atoms with E-state index in [2.05, 4.69) is 6.92 Å². The predicted octanol–water partition coefficient (Wildman–Crippen LogP) is 3.36. The summed E-state index contributed by atoms with van der Waals surface area (Å²) in [6, 6.07) is 11.9. The summed E-state index contributed by atoms with van der Waals surface area (Å²) < 4.78 is 0.669. The number of benzene rings is 2. The Kier molecular flexibility index (Phi) is 6.28. The second-order valence-corrected chi connectivity index (χ2v) is 7.72. The molecule has 7 nitrogen and oxygen atoms in total. The maximum Gasteiger partial charge on any atom is 0.270 e. The minimum Gasteiger partial charge on any atom is -0.335 e. The highest BCUT2D eigenvalue weighted by Crippen LogP contribution is 2.22. The quantitative estimate of drug-likeness (QED) is 0.372. The van der Waals surface area contributed by atoms with Crippen LogP contribution in [0.25, 0.3) is 0 Å². The number of rotatable bonds is 4. The van der Waals surface area contributed by atoms with Gasteiger partial charge in [-0.1, -0.05) is 19.1 Å². The number of hydrogen-bond donors (Lipinski definition) is 0. The Morgan fingerprint density at radius 1 is 1.00 bits per heavy atom. The standard InChI is InChI=1S/C20H20IN3O4/c1-2-14-3-5-15(6-4-14)19(25)22-9-11-23(12-10-22)20(26)17-13-16(24(27)28)7-8-18(17)21/h3-8,13H,2,9-12H2,1H3. The number of hydrogen-bond acceptors (Lipinski definition) is 4. The zero-order valence-corrected chi connectivity index (χ0v) is 17.6. The van der Waals surface area contributed by atoms with Crippen molar-refractivity contribution in [3.8, 4) is 0 Å². The molecule has 8 heteroatoms. The van der Waals surface area contributed by atoms with Gasteiger partial charge in [0.2, 0.25) is 0 Å². The summed E-state index contributed by atoms with van der Waals surface area (Å²) in [6.07, 6.45) is 0.922. The van der Waals surface area contributed by atoms with Crippen LogP contribution in [-0.2, 0) is 6.42 Å². The van der Waals surface area contributed by atoms with E-state index in [-0.39, 0.29) is 17.5 Å². The summed E-state index contributed by atoms with van der Waals surface area (Å²) >= 11 is 2.01. The van der Waals surface area contributed by atoms with Crippen LogP contribution < -0.4 is 0 Å². The molecule has 146 valence electrons. The van der Waals surface area contributed by atoms with Gasteiger partial charge in [0.25, 0.3) is 17.5 Å². The summed E-state index contributed by atoms with van der Waals surface area (Å²) in [5, 5.41) is 11.0. The third-order valence-corrected chi connectivity index (χ3v) is 5.80. The molecule has 0 saturated carbocycles. The third kappa shape index (κ3) is 4.32. The molecule has 0 aliphatic carbocycles. The minimum atomic E-state index is -0.507. The molecule has 2 aromatic carbocycles. The molecule has 3 rings (SSSR count). The second kappa shape index (κ2) is 8.68. The number of carbonyl (C=O) groups excluding carboxylic acids is 2. The largest absolute Gasteiger partial charge is 0.335 e. The van der Waals surface area contributed by atoms with Gasteiger partial charge < -0.3 is 9.80 Å². The zero-order valence-electron chi connectivity index (χ0n) is 15.4. The molecule has 1 aliphatic rings. The Morgan fingerprint density at radius 3 is 2.11 bits per heavy atom. The van der Waals surface area contributed by atoms with Crippen LogP contribution in [0.3, 0.4) is 0 Å². The maximum absolute atomic E-state index is 12.8. The van der Waals surface area contributed by atoms with Crippen LogP contribution in [-0.4, -0.2) is 52.7 Å². The van der Waals surface area contributed by atoms with Gasteiger partial charge in [0.1, 0.15) is 0 Å². The molecule has 2 aromatic rings. The highest BCUT2D eigenvalue weighted by Gasteiger charge is 2.27. The van der Waals surface area contributed by atoms with Crippen LogP contribution in [0.2, 0.25) is 0 Å². The molecule has 1 fully saturated rings. The van der Waals surface area contributed by atoms with Crippen LogP contribution in [0.5, 0.6) is 0 Å². The average molecular weight is 493 g/mol. The molecule has 1 heterocycles. The number of nitro groups is 1. The van der Waals surface area contributed by atoms with Crippen molar-refractivity contribution in [1.29, 1.82) is 0 Å². The van der Waals surface area contributed by atoms with Crippen LogP contribution in [0.4, 0.5) is 5.69 Å². The normalized spacial score (nSPS) is 14.1. The fourth-order valence-corrected chi connectivity index (χ4v) is 3.71. The summed E-state index contributed by atoms with van der Waals surface area (Å²) in [6.45, 7) is 3.74. The van der Waals surface area contributed by atoms with Gasteiger partial charge in [0.15, 0.2) is 0 Å². The third-order valence-electron chi connectivity index (χ3n) is 4.85. The number of carbonyl (C=O) groups is 2. The molecule has 0 bridgehead atoms. The van der Waals surface area contributed by atoms with Crippen molar-refractivity contribution < 1.29 is 14.5 Å². The van der Waals surface area contributed by atoms with Gasteiger partial charge >= 0.3 is 0 Å². The smallest absolute Gasteiger partial charge is 0.270 e. The Hall–Kier alpha value is -2.49. The van der Waals surface area contributed by atoms with Crippen molar-refractivity contribution in [3.63, 3.8) is 0 Å². The zero-order chi connectivity index (χ0) is 20.3. The van der Waals surface area contributed by atoms with E-state index < -0.39 is 4.92 Å². The molecule has 1 aliphatic heterocycles. The summed E-state index contributed by atoms with van der Waals surface area (Å²) in [5.41, 5.74) is 2.04. The van der Waals surface area contributed by atoms with E-state index >= 15 is 0 Å². The van der Waals surface area contributed by atoms with Gasteiger partial charge in [-0.3, -0.25) is 19.7 Å². The van der Waals surface area contributed by atoms with E-state index in [1.165, 1.54) is 17.7 Å². The molecule has 0 N–H and O–H groups in total. The van der Waals surface area contributed by atoms with E-state index in [9.17, 15) is 19.7 Å². The van der Waals surface area contributed by atoms with Crippen molar-refractivity contribution >= 4 is 40.1 Å². The number of nitro benzene ring substituents is 1. The first-order valence-electron chi connectivity index (χ1n) is 9.02. The molecule has 0 radical (unpaired) electrons. The molecular weight excluding hydrogens is 473 g/mol. The Morgan fingerprint density at radius 2 is 1.57 bits per heavy atom. The Labute approximate surface area is 176 Å². The van der Waals surface area contributed by atoms with Gasteiger partial charge in [-0.25, -0.2) is 0 Å². The number of aryl methyl sites for hydroxylation is 1. The fourth-order valence-electron chi connectivity index (χ4n) is 3.14.